The lowest BCUT2D eigenvalue weighted by atomic mass is 10.0. The highest BCUT2D eigenvalue weighted by molar-refractivity contribution is 7.47. The number of hydrogen-bond acceptors (Lipinski definition) is 5. The van der Waals surface area contributed by atoms with Crippen molar-refractivity contribution >= 4 is 13.7 Å². The zero-order valence-electron chi connectivity index (χ0n) is 41.6. The highest BCUT2D eigenvalue weighted by atomic mass is 31.2. The van der Waals surface area contributed by atoms with Crippen LogP contribution in [0.3, 0.4) is 0 Å². The predicted molar refractivity (Wildman–Crippen MR) is 268 cm³/mol. The molecule has 0 aliphatic heterocycles. The van der Waals surface area contributed by atoms with E-state index in [-0.39, 0.29) is 19.1 Å². The van der Waals surface area contributed by atoms with E-state index in [9.17, 15) is 19.4 Å². The number of aliphatic hydroxyl groups is 1. The molecule has 0 bridgehead atoms. The fourth-order valence-corrected chi connectivity index (χ4v) is 8.38. The number of carbonyl (C=O) groups is 1. The molecule has 0 aromatic rings. The Bertz CT molecular complexity index is 1110. The number of rotatable bonds is 48. The molecule has 0 aromatic carbocycles. The molecule has 0 aliphatic carbocycles. The number of carbonyl (C=O) groups excluding carboxylic acids is 1. The minimum Gasteiger partial charge on any atom is -0.387 e. The summed E-state index contributed by atoms with van der Waals surface area (Å²) in [6.07, 6.45) is 56.6. The van der Waals surface area contributed by atoms with Gasteiger partial charge in [-0.15, -0.1) is 0 Å². The Morgan fingerprint density at radius 1 is 0.532 bits per heavy atom. The van der Waals surface area contributed by atoms with Crippen LogP contribution in [0.4, 0.5) is 0 Å². The van der Waals surface area contributed by atoms with Crippen molar-refractivity contribution in [1.29, 1.82) is 0 Å². The first-order valence-corrected chi connectivity index (χ1v) is 27.9. The summed E-state index contributed by atoms with van der Waals surface area (Å²) in [7, 11) is 1.56. The third-order valence-electron chi connectivity index (χ3n) is 11.8. The molecule has 0 rings (SSSR count). The van der Waals surface area contributed by atoms with Gasteiger partial charge in [0, 0.05) is 6.42 Å². The molecule has 3 atom stereocenters. The van der Waals surface area contributed by atoms with Crippen LogP contribution in [-0.4, -0.2) is 73.4 Å². The van der Waals surface area contributed by atoms with Gasteiger partial charge in [-0.3, -0.25) is 13.8 Å². The molecule has 0 spiro atoms. The summed E-state index contributed by atoms with van der Waals surface area (Å²) < 4.78 is 23.6. The molecule has 0 saturated heterocycles. The molecule has 3 unspecified atom stereocenters. The maximum atomic E-state index is 12.9. The quantitative estimate of drug-likeness (QED) is 0.0243. The number of phosphoric acid groups is 1. The molecule has 62 heavy (non-hydrogen) atoms. The van der Waals surface area contributed by atoms with Gasteiger partial charge in [0.05, 0.1) is 39.9 Å². The molecule has 0 radical (unpaired) electrons. The van der Waals surface area contributed by atoms with Crippen molar-refractivity contribution in [3.05, 3.63) is 36.5 Å². The van der Waals surface area contributed by atoms with Gasteiger partial charge in [0.15, 0.2) is 0 Å². The van der Waals surface area contributed by atoms with Gasteiger partial charge in [-0.05, 0) is 57.8 Å². The highest BCUT2D eigenvalue weighted by Gasteiger charge is 2.27. The van der Waals surface area contributed by atoms with E-state index in [1.807, 2.05) is 27.2 Å². The minimum atomic E-state index is -4.35. The minimum absolute atomic E-state index is 0.0557. The van der Waals surface area contributed by atoms with Crippen LogP contribution in [0.1, 0.15) is 245 Å². The molecule has 1 amide bonds. The number of likely N-dealkylation sites (N-methyl/N-ethyl adjacent to an activating group) is 1. The summed E-state index contributed by atoms with van der Waals surface area (Å²) in [5, 5.41) is 13.9. The fraction of sp³-hybridized carbons (Fsp3) is 0.868. The topological polar surface area (TPSA) is 105 Å². The molecule has 8 nitrogen and oxygen atoms in total. The average Bonchev–Trinajstić information content (AvgIpc) is 3.23. The van der Waals surface area contributed by atoms with Gasteiger partial charge in [0.25, 0.3) is 0 Å². The number of quaternary nitrogens is 1. The van der Waals surface area contributed by atoms with E-state index >= 15 is 0 Å². The third-order valence-corrected chi connectivity index (χ3v) is 12.8. The first-order chi connectivity index (χ1) is 30.0. The molecular weight excluding hydrogens is 792 g/mol. The number of amides is 1. The van der Waals surface area contributed by atoms with Crippen molar-refractivity contribution < 1.29 is 32.9 Å². The van der Waals surface area contributed by atoms with Crippen molar-refractivity contribution in [3.63, 3.8) is 0 Å². The lowest BCUT2D eigenvalue weighted by Crippen LogP contribution is -2.45. The van der Waals surface area contributed by atoms with E-state index in [4.69, 9.17) is 9.05 Å². The first kappa shape index (κ1) is 60.7. The van der Waals surface area contributed by atoms with Gasteiger partial charge in [0.2, 0.25) is 5.91 Å². The van der Waals surface area contributed by atoms with E-state index < -0.39 is 20.0 Å². The molecule has 3 N–H and O–H groups in total. The van der Waals surface area contributed by atoms with Gasteiger partial charge >= 0.3 is 7.82 Å². The lowest BCUT2D eigenvalue weighted by Gasteiger charge is -2.25. The SMILES string of the molecule is CCCCCCCCCCC/C=C\CCCCCCCCCC(=O)NC(COP(=O)(O)OCC[N+](C)(C)C)C(O)/C=C/CC/C=C/CCCCCCCCCCCCCCCC. The monoisotopic (exact) mass is 896 g/mol. The zero-order chi connectivity index (χ0) is 45.7. The van der Waals surface area contributed by atoms with Gasteiger partial charge in [-0.25, -0.2) is 4.57 Å². The van der Waals surface area contributed by atoms with E-state index in [1.54, 1.807) is 6.08 Å². The van der Waals surface area contributed by atoms with E-state index in [2.05, 4.69) is 43.5 Å². The standard InChI is InChI=1S/C53H103N2O6P/c1-6-8-10-12-14-16-18-20-22-24-26-28-30-32-34-36-38-40-42-44-46-52(56)51(50-61-62(58,59)60-49-48-55(3,4)5)54-53(57)47-45-43-41-39-37-35-33-31-29-27-25-23-21-19-17-15-13-11-9-7-2/h27,29,36,38,44,46,51-52,56H,6-26,28,30-35,37,39-43,45,47-50H2,1-5H3,(H-,54,57,58,59)/p+1/b29-27-,38-36+,46-44+. The molecule has 0 heterocycles. The van der Waals surface area contributed by atoms with Crippen LogP contribution in [0.15, 0.2) is 36.5 Å². The summed E-state index contributed by atoms with van der Waals surface area (Å²) >= 11 is 0. The number of allylic oxidation sites excluding steroid dienone is 5. The van der Waals surface area contributed by atoms with Crippen molar-refractivity contribution in [1.82, 2.24) is 5.32 Å². The smallest absolute Gasteiger partial charge is 0.387 e. The van der Waals surface area contributed by atoms with Gasteiger partial charge in [-0.1, -0.05) is 217 Å². The normalized spacial score (nSPS) is 14.4. The first-order valence-electron chi connectivity index (χ1n) is 26.4. The highest BCUT2D eigenvalue weighted by Crippen LogP contribution is 2.43. The number of nitrogens with one attached hydrogen (secondary N) is 1. The number of hydrogen-bond donors (Lipinski definition) is 3. The molecule has 0 fully saturated rings. The number of unbranched alkanes of at least 4 members (excludes halogenated alkanes) is 31. The maximum Gasteiger partial charge on any atom is 0.472 e. The number of nitrogens with zero attached hydrogens (tertiary/aromatic N) is 1. The Morgan fingerprint density at radius 3 is 1.29 bits per heavy atom. The Morgan fingerprint density at radius 2 is 0.887 bits per heavy atom. The summed E-state index contributed by atoms with van der Waals surface area (Å²) in [6, 6.07) is -0.865. The molecule has 0 aromatic heterocycles. The van der Waals surface area contributed by atoms with Crippen LogP contribution in [0.25, 0.3) is 0 Å². The van der Waals surface area contributed by atoms with E-state index in [0.29, 0.717) is 17.4 Å². The summed E-state index contributed by atoms with van der Waals surface area (Å²) in [5.74, 6) is -0.189. The largest absolute Gasteiger partial charge is 0.472 e. The van der Waals surface area contributed by atoms with E-state index in [0.717, 1.165) is 38.5 Å². The van der Waals surface area contributed by atoms with Crippen LogP contribution in [0.2, 0.25) is 0 Å². The Balaban J connectivity index is 4.34. The van der Waals surface area contributed by atoms with Crippen LogP contribution >= 0.6 is 7.82 Å². The summed E-state index contributed by atoms with van der Waals surface area (Å²) in [4.78, 5) is 23.2. The van der Waals surface area contributed by atoms with Crippen LogP contribution < -0.4 is 5.32 Å². The third kappa shape index (κ3) is 46.7. The number of aliphatic hydroxyl groups excluding tert-OH is 1. The van der Waals surface area contributed by atoms with Crippen molar-refractivity contribution in [2.75, 3.05) is 40.9 Å². The zero-order valence-corrected chi connectivity index (χ0v) is 42.5. The second-order valence-electron chi connectivity index (χ2n) is 19.2. The van der Waals surface area contributed by atoms with Crippen LogP contribution in [0.5, 0.6) is 0 Å². The Kier molecular flexibility index (Phi) is 44.0. The molecule has 366 valence electrons. The van der Waals surface area contributed by atoms with Gasteiger partial charge in [0.1, 0.15) is 13.2 Å². The number of phosphoric ester groups is 1. The van der Waals surface area contributed by atoms with Crippen molar-refractivity contribution in [3.8, 4) is 0 Å². The van der Waals surface area contributed by atoms with Crippen molar-refractivity contribution in [2.45, 2.75) is 257 Å². The molecule has 0 saturated carbocycles. The summed E-state index contributed by atoms with van der Waals surface area (Å²) in [6.45, 7) is 4.81. The van der Waals surface area contributed by atoms with E-state index in [1.165, 1.54) is 186 Å². The van der Waals surface area contributed by atoms with Crippen LogP contribution in [0, 0.1) is 0 Å². The lowest BCUT2D eigenvalue weighted by molar-refractivity contribution is -0.870. The van der Waals surface area contributed by atoms with Gasteiger partial charge < -0.3 is 19.8 Å². The second-order valence-corrected chi connectivity index (χ2v) is 20.7. The molecule has 9 heteroatoms. The Labute approximate surface area is 385 Å². The second kappa shape index (κ2) is 44.9. The predicted octanol–water partition coefficient (Wildman–Crippen LogP) is 15.4. The average molecular weight is 896 g/mol. The molecule has 0 aliphatic rings. The Hall–Kier alpha value is -1.28. The fourth-order valence-electron chi connectivity index (χ4n) is 7.64. The van der Waals surface area contributed by atoms with Gasteiger partial charge in [-0.2, -0.15) is 0 Å². The van der Waals surface area contributed by atoms with Crippen molar-refractivity contribution in [2.24, 2.45) is 0 Å². The summed E-state index contributed by atoms with van der Waals surface area (Å²) in [5.41, 5.74) is 0. The maximum absolute atomic E-state index is 12.9. The molecular formula is C53H104N2O6P+. The van der Waals surface area contributed by atoms with Crippen LogP contribution in [-0.2, 0) is 18.4 Å².